The van der Waals surface area contributed by atoms with Crippen molar-refractivity contribution in [2.45, 2.75) is 20.1 Å². The van der Waals surface area contributed by atoms with Crippen LogP contribution >= 0.6 is 11.6 Å². The summed E-state index contributed by atoms with van der Waals surface area (Å²) in [6.45, 7) is 9.88. The molecule has 0 radical (unpaired) electrons. The summed E-state index contributed by atoms with van der Waals surface area (Å²) >= 11 is 6.19. The molecule has 2 aromatic rings. The maximum absolute atomic E-state index is 6.19. The monoisotopic (exact) mass is 373 g/mol. The molecule has 1 aliphatic heterocycles. The van der Waals surface area contributed by atoms with Gasteiger partial charge in [-0.1, -0.05) is 41.4 Å². The van der Waals surface area contributed by atoms with E-state index in [9.17, 15) is 0 Å². The Labute approximate surface area is 161 Å². The smallest absolute Gasteiger partial charge is 0.124 e. The van der Waals surface area contributed by atoms with E-state index in [1.54, 1.807) is 0 Å². The van der Waals surface area contributed by atoms with E-state index in [0.717, 1.165) is 62.1 Å². The number of rotatable bonds is 8. The molecule has 5 heteroatoms. The second-order valence-electron chi connectivity index (χ2n) is 6.79. The van der Waals surface area contributed by atoms with Crippen LogP contribution in [0, 0.1) is 6.92 Å². The molecule has 0 unspecified atom stereocenters. The third kappa shape index (κ3) is 5.99. The first-order valence-corrected chi connectivity index (χ1v) is 9.69. The molecule has 0 aliphatic carbocycles. The predicted molar refractivity (Wildman–Crippen MR) is 108 cm³/mol. The normalized spacial score (nSPS) is 15.2. The minimum atomic E-state index is 0.565. The molecule has 0 bridgehead atoms. The van der Waals surface area contributed by atoms with E-state index < -0.39 is 0 Å². The highest BCUT2D eigenvalue weighted by molar-refractivity contribution is 6.30. The van der Waals surface area contributed by atoms with Gasteiger partial charge in [0.05, 0.1) is 0 Å². The number of hydrogen-bond acceptors (Lipinski definition) is 4. The van der Waals surface area contributed by atoms with Gasteiger partial charge in [-0.05, 0) is 30.7 Å². The van der Waals surface area contributed by atoms with E-state index in [2.05, 4.69) is 46.7 Å². The lowest BCUT2D eigenvalue weighted by Gasteiger charge is -2.27. The molecule has 1 saturated heterocycles. The highest BCUT2D eigenvalue weighted by Gasteiger charge is 2.09. The number of aryl methyl sites for hydroxylation is 1. The summed E-state index contributed by atoms with van der Waals surface area (Å²) < 4.78 is 6.05. The Bertz CT molecular complexity index is 684. The lowest BCUT2D eigenvalue weighted by atomic mass is 10.1. The quantitative estimate of drug-likeness (QED) is 0.696. The fourth-order valence-electron chi connectivity index (χ4n) is 3.07. The van der Waals surface area contributed by atoms with Gasteiger partial charge >= 0.3 is 0 Å². The zero-order chi connectivity index (χ0) is 18.2. The summed E-state index contributed by atoms with van der Waals surface area (Å²) in [6, 6.07) is 14.3. The molecule has 0 saturated carbocycles. The first-order valence-electron chi connectivity index (χ1n) is 9.31. The Morgan fingerprint density at radius 1 is 1.12 bits per heavy atom. The number of nitrogens with one attached hydrogen (secondary N) is 2. The average molecular weight is 374 g/mol. The van der Waals surface area contributed by atoms with Crippen LogP contribution in [0.2, 0.25) is 5.02 Å². The second kappa shape index (κ2) is 9.93. The average Bonchev–Trinajstić information content (AvgIpc) is 2.67. The van der Waals surface area contributed by atoms with Gasteiger partial charge in [-0.3, -0.25) is 4.90 Å². The number of hydrogen-bond donors (Lipinski definition) is 2. The summed E-state index contributed by atoms with van der Waals surface area (Å²) in [5, 5.41) is 7.65. The van der Waals surface area contributed by atoms with Crippen LogP contribution in [-0.2, 0) is 13.2 Å². The van der Waals surface area contributed by atoms with Crippen LogP contribution in [0.25, 0.3) is 0 Å². The zero-order valence-electron chi connectivity index (χ0n) is 15.4. The second-order valence-corrected chi connectivity index (χ2v) is 7.23. The number of halogens is 1. The van der Waals surface area contributed by atoms with Crippen molar-refractivity contribution in [3.63, 3.8) is 0 Å². The van der Waals surface area contributed by atoms with E-state index in [1.807, 2.05) is 18.2 Å². The molecule has 1 heterocycles. The Kier molecular flexibility index (Phi) is 7.32. The van der Waals surface area contributed by atoms with E-state index in [1.165, 1.54) is 11.1 Å². The van der Waals surface area contributed by atoms with Gasteiger partial charge in [-0.25, -0.2) is 0 Å². The van der Waals surface area contributed by atoms with Gasteiger partial charge in [0.15, 0.2) is 0 Å². The van der Waals surface area contributed by atoms with Crippen LogP contribution in [0.1, 0.15) is 16.7 Å². The lowest BCUT2D eigenvalue weighted by molar-refractivity contribution is 0.240. The first kappa shape index (κ1) is 19.2. The molecule has 0 amide bonds. The van der Waals surface area contributed by atoms with Gasteiger partial charge in [0.1, 0.15) is 12.4 Å². The molecule has 0 aromatic heterocycles. The minimum Gasteiger partial charge on any atom is -0.489 e. The molecule has 0 atom stereocenters. The number of piperazine rings is 1. The third-order valence-electron chi connectivity index (χ3n) is 4.67. The van der Waals surface area contributed by atoms with Crippen LogP contribution in [0.15, 0.2) is 42.5 Å². The molecular formula is C21H28ClN3O. The summed E-state index contributed by atoms with van der Waals surface area (Å²) in [5.74, 6) is 0.893. The Morgan fingerprint density at radius 2 is 1.88 bits per heavy atom. The van der Waals surface area contributed by atoms with Crippen molar-refractivity contribution < 1.29 is 4.74 Å². The SMILES string of the molecule is Cc1ccc(COc2ccc(Cl)cc2CNCCN2CCNCC2)cc1. The zero-order valence-corrected chi connectivity index (χ0v) is 16.2. The van der Waals surface area contributed by atoms with Gasteiger partial charge < -0.3 is 15.4 Å². The molecule has 4 nitrogen and oxygen atoms in total. The van der Waals surface area contributed by atoms with E-state index in [-0.39, 0.29) is 0 Å². The molecular weight excluding hydrogens is 346 g/mol. The van der Waals surface area contributed by atoms with Crippen molar-refractivity contribution in [2.24, 2.45) is 0 Å². The van der Waals surface area contributed by atoms with Crippen molar-refractivity contribution in [3.05, 3.63) is 64.2 Å². The molecule has 2 N–H and O–H groups in total. The highest BCUT2D eigenvalue weighted by Crippen LogP contribution is 2.24. The van der Waals surface area contributed by atoms with Crippen LogP contribution < -0.4 is 15.4 Å². The van der Waals surface area contributed by atoms with E-state index in [0.29, 0.717) is 6.61 Å². The summed E-state index contributed by atoms with van der Waals surface area (Å²) in [4.78, 5) is 2.48. The Hall–Kier alpha value is -1.59. The van der Waals surface area contributed by atoms with Gasteiger partial charge in [-0.15, -0.1) is 0 Å². The fourth-order valence-corrected chi connectivity index (χ4v) is 3.26. The Balaban J connectivity index is 1.50. The summed E-state index contributed by atoms with van der Waals surface area (Å²) in [5.41, 5.74) is 3.53. The fraction of sp³-hybridized carbons (Fsp3) is 0.429. The van der Waals surface area contributed by atoms with Crippen LogP contribution in [0.4, 0.5) is 0 Å². The minimum absolute atomic E-state index is 0.565. The topological polar surface area (TPSA) is 36.5 Å². The van der Waals surface area contributed by atoms with Crippen molar-refractivity contribution in [1.29, 1.82) is 0 Å². The van der Waals surface area contributed by atoms with Crippen LogP contribution in [-0.4, -0.2) is 44.2 Å². The van der Waals surface area contributed by atoms with Gasteiger partial charge in [0.2, 0.25) is 0 Å². The van der Waals surface area contributed by atoms with Crippen molar-refractivity contribution >= 4 is 11.6 Å². The van der Waals surface area contributed by atoms with Crippen LogP contribution in [0.3, 0.4) is 0 Å². The number of nitrogens with zero attached hydrogens (tertiary/aromatic N) is 1. The third-order valence-corrected chi connectivity index (χ3v) is 4.90. The van der Waals surface area contributed by atoms with Crippen LogP contribution in [0.5, 0.6) is 5.75 Å². The molecule has 140 valence electrons. The molecule has 2 aromatic carbocycles. The maximum atomic E-state index is 6.19. The molecule has 1 aliphatic rings. The van der Waals surface area contributed by atoms with E-state index >= 15 is 0 Å². The molecule has 3 rings (SSSR count). The largest absolute Gasteiger partial charge is 0.489 e. The number of benzene rings is 2. The highest BCUT2D eigenvalue weighted by atomic mass is 35.5. The van der Waals surface area contributed by atoms with Crippen molar-refractivity contribution in [2.75, 3.05) is 39.3 Å². The van der Waals surface area contributed by atoms with Gasteiger partial charge in [0, 0.05) is 56.4 Å². The van der Waals surface area contributed by atoms with Gasteiger partial charge in [-0.2, -0.15) is 0 Å². The molecule has 26 heavy (non-hydrogen) atoms. The molecule has 0 spiro atoms. The summed E-state index contributed by atoms with van der Waals surface area (Å²) in [6.07, 6.45) is 0. The predicted octanol–water partition coefficient (Wildman–Crippen LogP) is 3.22. The lowest BCUT2D eigenvalue weighted by Crippen LogP contribution is -2.45. The standard InChI is InChI=1S/C21H28ClN3O/c1-17-2-4-18(5-3-17)16-26-21-7-6-20(22)14-19(21)15-24-10-13-25-11-8-23-9-12-25/h2-7,14,23-24H,8-13,15-16H2,1H3. The van der Waals surface area contributed by atoms with Crippen molar-refractivity contribution in [3.8, 4) is 5.75 Å². The maximum Gasteiger partial charge on any atom is 0.124 e. The Morgan fingerprint density at radius 3 is 2.65 bits per heavy atom. The van der Waals surface area contributed by atoms with Gasteiger partial charge in [0.25, 0.3) is 0 Å². The van der Waals surface area contributed by atoms with Crippen molar-refractivity contribution in [1.82, 2.24) is 15.5 Å². The number of ether oxygens (including phenoxy) is 1. The first-order chi connectivity index (χ1) is 12.7. The summed E-state index contributed by atoms with van der Waals surface area (Å²) in [7, 11) is 0. The van der Waals surface area contributed by atoms with E-state index in [4.69, 9.17) is 16.3 Å². The molecule has 1 fully saturated rings.